The van der Waals surface area contributed by atoms with E-state index in [0.29, 0.717) is 32.0 Å². The first-order chi connectivity index (χ1) is 14.7. The van der Waals surface area contributed by atoms with Crippen LogP contribution in [-0.2, 0) is 16.1 Å². The monoisotopic (exact) mass is 445 g/mol. The van der Waals surface area contributed by atoms with Crippen molar-refractivity contribution in [2.45, 2.75) is 13.5 Å². The van der Waals surface area contributed by atoms with Gasteiger partial charge in [-0.3, -0.25) is 4.79 Å². The van der Waals surface area contributed by atoms with Gasteiger partial charge in [0.1, 0.15) is 18.2 Å². The van der Waals surface area contributed by atoms with Crippen molar-refractivity contribution in [2.24, 2.45) is 0 Å². The number of aromatic nitrogens is 1. The van der Waals surface area contributed by atoms with Crippen molar-refractivity contribution in [1.29, 1.82) is 0 Å². The maximum atomic E-state index is 10.8. The molecule has 0 saturated heterocycles. The molecule has 0 radical (unpaired) electrons. The molecule has 1 amide bonds. The minimum Gasteiger partial charge on any atom is -0.491 e. The van der Waals surface area contributed by atoms with E-state index in [4.69, 9.17) is 9.47 Å². The number of aryl methyl sites for hydroxylation is 1. The van der Waals surface area contributed by atoms with Crippen molar-refractivity contribution in [3.05, 3.63) is 65.0 Å². The van der Waals surface area contributed by atoms with Gasteiger partial charge in [-0.2, -0.15) is 12.6 Å². The second-order valence-corrected chi connectivity index (χ2v) is 7.26. The lowest BCUT2D eigenvalue weighted by atomic mass is 10.2. The SMILES string of the molecule is COCCOc1cccc(N(Cc2ccccc2)c2nc(NC=O)c(C)s2)c1.CS. The van der Waals surface area contributed by atoms with Crippen LogP contribution in [0.25, 0.3) is 0 Å². The van der Waals surface area contributed by atoms with E-state index >= 15 is 0 Å². The van der Waals surface area contributed by atoms with Crippen molar-refractivity contribution in [2.75, 3.05) is 36.8 Å². The Morgan fingerprint density at radius 3 is 2.60 bits per heavy atom. The number of nitrogens with zero attached hydrogens (tertiary/aromatic N) is 2. The molecule has 8 heteroatoms. The van der Waals surface area contributed by atoms with E-state index in [9.17, 15) is 4.79 Å². The molecular formula is C22H27N3O3S2. The molecule has 0 aliphatic rings. The van der Waals surface area contributed by atoms with E-state index in [0.717, 1.165) is 27.0 Å². The lowest BCUT2D eigenvalue weighted by Crippen LogP contribution is -2.16. The molecule has 160 valence electrons. The Morgan fingerprint density at radius 2 is 1.90 bits per heavy atom. The van der Waals surface area contributed by atoms with E-state index in [1.807, 2.05) is 49.4 Å². The number of nitrogens with one attached hydrogen (secondary N) is 1. The van der Waals surface area contributed by atoms with Gasteiger partial charge < -0.3 is 19.7 Å². The molecule has 30 heavy (non-hydrogen) atoms. The summed E-state index contributed by atoms with van der Waals surface area (Å²) in [4.78, 5) is 18.5. The highest BCUT2D eigenvalue weighted by molar-refractivity contribution is 7.79. The number of thiol groups is 1. The van der Waals surface area contributed by atoms with Crippen LogP contribution in [0.4, 0.5) is 16.6 Å². The third-order valence-corrected chi connectivity index (χ3v) is 5.07. The van der Waals surface area contributed by atoms with Crippen LogP contribution in [0.3, 0.4) is 0 Å². The van der Waals surface area contributed by atoms with E-state index in [-0.39, 0.29) is 0 Å². The number of thiazole rings is 1. The van der Waals surface area contributed by atoms with Crippen LogP contribution in [0.5, 0.6) is 5.75 Å². The standard InChI is InChI=1S/C21H23N3O3S.CH4S/c1-16-20(22-15-25)23-21(28-16)24(14-17-7-4-3-5-8-17)18-9-6-10-19(13-18)27-12-11-26-2;1-2/h3-10,13,15H,11-12,14H2,1-2H3,(H,22,25);2H,1H3. The van der Waals surface area contributed by atoms with Crippen LogP contribution in [0, 0.1) is 6.92 Å². The molecule has 0 spiro atoms. The summed E-state index contributed by atoms with van der Waals surface area (Å²) in [7, 11) is 1.65. The summed E-state index contributed by atoms with van der Waals surface area (Å²) in [6, 6.07) is 18.1. The molecule has 6 nitrogen and oxygen atoms in total. The highest BCUT2D eigenvalue weighted by Gasteiger charge is 2.17. The summed E-state index contributed by atoms with van der Waals surface area (Å²) in [5.41, 5.74) is 2.12. The minimum atomic E-state index is 0.488. The first-order valence-electron chi connectivity index (χ1n) is 9.37. The third kappa shape index (κ3) is 6.76. The van der Waals surface area contributed by atoms with E-state index < -0.39 is 0 Å². The van der Waals surface area contributed by atoms with Crippen molar-refractivity contribution >= 4 is 47.0 Å². The Morgan fingerprint density at radius 1 is 1.13 bits per heavy atom. The van der Waals surface area contributed by atoms with Gasteiger partial charge in [0.2, 0.25) is 6.41 Å². The summed E-state index contributed by atoms with van der Waals surface area (Å²) in [6.07, 6.45) is 2.34. The zero-order valence-corrected chi connectivity index (χ0v) is 19.1. The van der Waals surface area contributed by atoms with Crippen LogP contribution in [0.2, 0.25) is 0 Å². The van der Waals surface area contributed by atoms with E-state index in [2.05, 4.69) is 40.0 Å². The number of ether oxygens (including phenoxy) is 2. The molecule has 0 aliphatic heterocycles. The van der Waals surface area contributed by atoms with E-state index in [1.165, 1.54) is 11.3 Å². The average Bonchev–Trinajstić information content (AvgIpc) is 3.15. The lowest BCUT2D eigenvalue weighted by molar-refractivity contribution is -0.105. The average molecular weight is 446 g/mol. The number of benzene rings is 2. The molecule has 0 fully saturated rings. The lowest BCUT2D eigenvalue weighted by Gasteiger charge is -2.23. The van der Waals surface area contributed by atoms with E-state index in [1.54, 1.807) is 13.4 Å². The fraction of sp³-hybridized carbons (Fsp3) is 0.273. The fourth-order valence-electron chi connectivity index (χ4n) is 2.71. The summed E-state index contributed by atoms with van der Waals surface area (Å²) in [5.74, 6) is 1.35. The predicted molar refractivity (Wildman–Crippen MR) is 128 cm³/mol. The number of rotatable bonds is 10. The van der Waals surface area contributed by atoms with Crippen LogP contribution in [-0.4, -0.2) is 38.0 Å². The largest absolute Gasteiger partial charge is 0.491 e. The van der Waals surface area contributed by atoms with Crippen molar-refractivity contribution in [3.8, 4) is 5.75 Å². The fourth-order valence-corrected chi connectivity index (χ4v) is 3.60. The zero-order chi connectivity index (χ0) is 21.8. The highest BCUT2D eigenvalue weighted by atomic mass is 32.1. The maximum Gasteiger partial charge on any atom is 0.212 e. The first-order valence-corrected chi connectivity index (χ1v) is 11.1. The third-order valence-electron chi connectivity index (χ3n) is 4.08. The number of carbonyl (C=O) groups is 1. The molecule has 0 atom stereocenters. The van der Waals surface area contributed by atoms with Crippen molar-refractivity contribution in [1.82, 2.24) is 4.98 Å². The smallest absolute Gasteiger partial charge is 0.212 e. The van der Waals surface area contributed by atoms with Crippen molar-refractivity contribution in [3.63, 3.8) is 0 Å². The molecular weight excluding hydrogens is 418 g/mol. The second kappa shape index (κ2) is 12.9. The van der Waals surface area contributed by atoms with Crippen LogP contribution in [0.1, 0.15) is 10.4 Å². The number of hydrogen-bond donors (Lipinski definition) is 2. The summed E-state index contributed by atoms with van der Waals surface area (Å²) < 4.78 is 10.8. The number of methoxy groups -OCH3 is 1. The predicted octanol–water partition coefficient (Wildman–Crippen LogP) is 4.93. The summed E-state index contributed by atoms with van der Waals surface area (Å²) >= 11 is 5.06. The molecule has 0 bridgehead atoms. The first kappa shape index (κ1) is 23.7. The molecule has 0 unspecified atom stereocenters. The Kier molecular flexibility index (Phi) is 10.2. The van der Waals surface area contributed by atoms with Gasteiger partial charge in [0.05, 0.1) is 13.2 Å². The van der Waals surface area contributed by atoms with Gasteiger partial charge in [-0.05, 0) is 30.9 Å². The van der Waals surface area contributed by atoms with Gasteiger partial charge in [0.25, 0.3) is 0 Å². The van der Waals surface area contributed by atoms with Gasteiger partial charge in [0, 0.05) is 23.7 Å². The molecule has 0 aliphatic carbocycles. The number of anilines is 3. The molecule has 1 aromatic heterocycles. The molecule has 0 saturated carbocycles. The molecule has 2 aromatic carbocycles. The second-order valence-electron chi connectivity index (χ2n) is 6.07. The van der Waals surface area contributed by atoms with Crippen LogP contribution in [0.15, 0.2) is 54.6 Å². The van der Waals surface area contributed by atoms with Gasteiger partial charge in [-0.25, -0.2) is 4.98 Å². The molecule has 3 rings (SSSR count). The van der Waals surface area contributed by atoms with Gasteiger partial charge >= 0.3 is 0 Å². The summed E-state index contributed by atoms with van der Waals surface area (Å²) in [6.45, 7) is 3.61. The van der Waals surface area contributed by atoms with Crippen LogP contribution < -0.4 is 15.0 Å². The Bertz CT molecular complexity index is 904. The maximum absolute atomic E-state index is 10.8. The number of amides is 1. The quantitative estimate of drug-likeness (QED) is 0.263. The number of carbonyl (C=O) groups excluding carboxylic acids is 1. The Hall–Kier alpha value is -2.55. The summed E-state index contributed by atoms with van der Waals surface area (Å²) in [5, 5.41) is 3.47. The normalized spacial score (nSPS) is 10.0. The Balaban J connectivity index is 0.00000155. The molecule has 3 aromatic rings. The van der Waals surface area contributed by atoms with Gasteiger partial charge in [-0.1, -0.05) is 47.7 Å². The Labute approximate surface area is 187 Å². The zero-order valence-electron chi connectivity index (χ0n) is 17.4. The highest BCUT2D eigenvalue weighted by Crippen LogP contribution is 2.36. The molecule has 1 N–H and O–H groups in total. The van der Waals surface area contributed by atoms with Crippen molar-refractivity contribution < 1.29 is 14.3 Å². The van der Waals surface area contributed by atoms with Gasteiger partial charge in [0.15, 0.2) is 5.13 Å². The van der Waals surface area contributed by atoms with Crippen LogP contribution >= 0.6 is 24.0 Å². The number of hydrogen-bond acceptors (Lipinski definition) is 7. The minimum absolute atomic E-state index is 0.488. The topological polar surface area (TPSA) is 63.7 Å². The molecule has 1 heterocycles. The van der Waals surface area contributed by atoms with Gasteiger partial charge in [-0.15, -0.1) is 0 Å².